The first-order valence-corrected chi connectivity index (χ1v) is 2.83. The fourth-order valence-corrected chi connectivity index (χ4v) is 0.285. The van der Waals surface area contributed by atoms with E-state index in [9.17, 15) is 9.59 Å². The minimum Gasteiger partial charge on any atom is -0.480 e. The van der Waals surface area contributed by atoms with E-state index in [1.165, 1.54) is 6.92 Å². The maximum atomic E-state index is 10.1. The van der Waals surface area contributed by atoms with Gasteiger partial charge in [0, 0.05) is 0 Å². The normalized spacial score (nSPS) is 16.2. The lowest BCUT2D eigenvalue weighted by Crippen LogP contribution is -2.32. The van der Waals surface area contributed by atoms with E-state index in [1.807, 2.05) is 0 Å². The fraction of sp³-hybridized carbons (Fsp3) is 0.600. The molecule has 1 N–H and O–H groups in total. The minimum atomic E-state index is -1.71. The van der Waals surface area contributed by atoms with Crippen LogP contribution in [0, 0.1) is 0 Å². The summed E-state index contributed by atoms with van der Waals surface area (Å²) in [5.74, 6) is -1.29. The number of carboxylic acids is 1. The average molecular weight is 151 g/mol. The second kappa shape index (κ2) is 2.82. The first-order chi connectivity index (χ1) is 4.06. The zero-order valence-electron chi connectivity index (χ0n) is 4.93. The molecule has 4 heteroatoms. The molecule has 9 heavy (non-hydrogen) atoms. The molecule has 0 radical (unpaired) electrons. The molecule has 0 fully saturated rings. The number of hydrogen-bond donors (Lipinski definition) is 1. The van der Waals surface area contributed by atoms with E-state index in [0.717, 1.165) is 0 Å². The molecule has 0 saturated heterocycles. The number of halogens is 1. The summed E-state index contributed by atoms with van der Waals surface area (Å²) in [7, 11) is 0. The van der Waals surface area contributed by atoms with Gasteiger partial charge in [0.1, 0.15) is 0 Å². The maximum absolute atomic E-state index is 10.1. The van der Waals surface area contributed by atoms with Crippen LogP contribution >= 0.6 is 11.6 Å². The van der Waals surface area contributed by atoms with Crippen LogP contribution in [-0.2, 0) is 9.59 Å². The van der Waals surface area contributed by atoms with Crippen LogP contribution < -0.4 is 0 Å². The molecule has 0 heterocycles. The van der Waals surface area contributed by atoms with Crippen LogP contribution in [0.1, 0.15) is 13.3 Å². The van der Waals surface area contributed by atoms with Crippen molar-refractivity contribution >= 4 is 23.9 Å². The first-order valence-electron chi connectivity index (χ1n) is 2.45. The highest BCUT2D eigenvalue weighted by Gasteiger charge is 2.33. The van der Waals surface area contributed by atoms with Gasteiger partial charge in [0.25, 0.3) is 0 Å². The van der Waals surface area contributed by atoms with Gasteiger partial charge in [0.15, 0.2) is 11.2 Å². The van der Waals surface area contributed by atoms with Crippen molar-refractivity contribution in [3.63, 3.8) is 0 Å². The van der Waals surface area contributed by atoms with E-state index >= 15 is 0 Å². The van der Waals surface area contributed by atoms with Crippen LogP contribution in [0.15, 0.2) is 0 Å². The van der Waals surface area contributed by atoms with E-state index in [2.05, 4.69) is 0 Å². The molecule has 0 aliphatic rings. The summed E-state index contributed by atoms with van der Waals surface area (Å²) in [6, 6.07) is 0. The Morgan fingerprint density at radius 1 is 1.89 bits per heavy atom. The molecule has 1 atom stereocenters. The third-order valence-corrected chi connectivity index (χ3v) is 1.57. The number of aliphatic carboxylic acids is 1. The Morgan fingerprint density at radius 2 is 2.33 bits per heavy atom. The van der Waals surface area contributed by atoms with Crippen molar-refractivity contribution in [1.82, 2.24) is 0 Å². The lowest BCUT2D eigenvalue weighted by molar-refractivity contribution is -0.141. The molecule has 1 unspecified atom stereocenters. The molecule has 0 bridgehead atoms. The van der Waals surface area contributed by atoms with E-state index in [1.54, 1.807) is 0 Å². The van der Waals surface area contributed by atoms with E-state index < -0.39 is 10.8 Å². The minimum absolute atomic E-state index is 0.105. The predicted molar refractivity (Wildman–Crippen MR) is 32.6 cm³/mol. The summed E-state index contributed by atoms with van der Waals surface area (Å²) >= 11 is 5.28. The Balaban J connectivity index is 4.27. The lowest BCUT2D eigenvalue weighted by Gasteiger charge is -2.09. The molecule has 0 aliphatic heterocycles. The number of aldehydes is 1. The Bertz CT molecular complexity index is 134. The number of rotatable bonds is 3. The van der Waals surface area contributed by atoms with Crippen LogP contribution in [0.25, 0.3) is 0 Å². The molecule has 0 aromatic heterocycles. The fourth-order valence-electron chi connectivity index (χ4n) is 0.285. The molecule has 0 saturated carbocycles. The molecule has 0 rings (SSSR count). The Labute approximate surface area is 57.6 Å². The van der Waals surface area contributed by atoms with Crippen LogP contribution in [0.4, 0.5) is 0 Å². The maximum Gasteiger partial charge on any atom is 0.332 e. The number of carbonyl (C=O) groups excluding carboxylic acids is 1. The van der Waals surface area contributed by atoms with Gasteiger partial charge in [-0.05, 0) is 6.42 Å². The van der Waals surface area contributed by atoms with Gasteiger partial charge in [-0.2, -0.15) is 0 Å². The molecular weight excluding hydrogens is 144 g/mol. The summed E-state index contributed by atoms with van der Waals surface area (Å²) in [5, 5.41) is 8.27. The van der Waals surface area contributed by atoms with Crippen molar-refractivity contribution in [3.8, 4) is 0 Å². The SMILES string of the molecule is CCC(Cl)(C=O)C(=O)O. The summed E-state index contributed by atoms with van der Waals surface area (Å²) in [6.07, 6.45) is 0.338. The highest BCUT2D eigenvalue weighted by Crippen LogP contribution is 2.15. The molecule has 3 nitrogen and oxygen atoms in total. The molecular formula is C5H7ClO3. The number of hydrogen-bond acceptors (Lipinski definition) is 2. The molecule has 0 aromatic carbocycles. The first kappa shape index (κ1) is 8.43. The topological polar surface area (TPSA) is 54.4 Å². The van der Waals surface area contributed by atoms with Crippen molar-refractivity contribution in [3.05, 3.63) is 0 Å². The van der Waals surface area contributed by atoms with Crippen LogP contribution in [0.3, 0.4) is 0 Å². The molecule has 0 spiro atoms. The second-order valence-electron chi connectivity index (χ2n) is 1.64. The number of alkyl halides is 1. The molecule has 0 aliphatic carbocycles. The van der Waals surface area contributed by atoms with Crippen molar-refractivity contribution < 1.29 is 14.7 Å². The predicted octanol–water partition coefficient (Wildman–Crippen LogP) is 0.657. The van der Waals surface area contributed by atoms with Gasteiger partial charge in [-0.25, -0.2) is 4.79 Å². The second-order valence-corrected chi connectivity index (χ2v) is 2.31. The molecule has 0 aromatic rings. The summed E-state index contributed by atoms with van der Waals surface area (Å²) in [4.78, 5) is 18.4. The Hall–Kier alpha value is -0.570. The van der Waals surface area contributed by atoms with Crippen molar-refractivity contribution in [2.24, 2.45) is 0 Å². The van der Waals surface area contributed by atoms with Gasteiger partial charge in [-0.15, -0.1) is 0 Å². The third-order valence-electron chi connectivity index (χ3n) is 1.06. The molecule has 0 amide bonds. The van der Waals surface area contributed by atoms with Crippen LogP contribution in [0.2, 0.25) is 0 Å². The Morgan fingerprint density at radius 3 is 2.33 bits per heavy atom. The van der Waals surface area contributed by atoms with Gasteiger partial charge in [0.2, 0.25) is 0 Å². The van der Waals surface area contributed by atoms with Crippen LogP contribution in [-0.4, -0.2) is 22.2 Å². The van der Waals surface area contributed by atoms with E-state index in [0.29, 0.717) is 0 Å². The lowest BCUT2D eigenvalue weighted by atomic mass is 10.1. The van der Waals surface area contributed by atoms with E-state index in [4.69, 9.17) is 16.7 Å². The zero-order valence-corrected chi connectivity index (χ0v) is 5.68. The van der Waals surface area contributed by atoms with Gasteiger partial charge in [-0.3, -0.25) is 0 Å². The van der Waals surface area contributed by atoms with Gasteiger partial charge >= 0.3 is 5.97 Å². The summed E-state index contributed by atoms with van der Waals surface area (Å²) in [5.41, 5.74) is 0. The highest BCUT2D eigenvalue weighted by atomic mass is 35.5. The van der Waals surface area contributed by atoms with Crippen LogP contribution in [0.5, 0.6) is 0 Å². The summed E-state index contributed by atoms with van der Waals surface area (Å²) in [6.45, 7) is 1.54. The van der Waals surface area contributed by atoms with Crippen molar-refractivity contribution in [2.75, 3.05) is 0 Å². The largest absolute Gasteiger partial charge is 0.480 e. The third kappa shape index (κ3) is 1.68. The quantitative estimate of drug-likeness (QED) is 0.365. The number of carbonyl (C=O) groups is 2. The van der Waals surface area contributed by atoms with Gasteiger partial charge < -0.3 is 9.90 Å². The smallest absolute Gasteiger partial charge is 0.332 e. The number of carboxylic acid groups (broad SMARTS) is 1. The van der Waals surface area contributed by atoms with Crippen molar-refractivity contribution in [2.45, 2.75) is 18.2 Å². The monoisotopic (exact) mass is 150 g/mol. The average Bonchev–Trinajstić information content (AvgIpc) is 1.86. The van der Waals surface area contributed by atoms with Gasteiger partial charge in [-0.1, -0.05) is 18.5 Å². The van der Waals surface area contributed by atoms with Crippen molar-refractivity contribution in [1.29, 1.82) is 0 Å². The highest BCUT2D eigenvalue weighted by molar-refractivity contribution is 6.42. The Kier molecular flexibility index (Phi) is 2.65. The summed E-state index contributed by atoms with van der Waals surface area (Å²) < 4.78 is 0. The zero-order chi connectivity index (χ0) is 7.49. The molecule has 52 valence electrons. The van der Waals surface area contributed by atoms with E-state index in [-0.39, 0.29) is 12.7 Å². The standard InChI is InChI=1S/C5H7ClO3/c1-2-5(6,3-7)4(8)9/h3H,2H2,1H3,(H,8,9). The van der Waals surface area contributed by atoms with Gasteiger partial charge in [0.05, 0.1) is 0 Å².